The molecule has 0 bridgehead atoms. The van der Waals surface area contributed by atoms with Crippen molar-refractivity contribution in [3.8, 4) is 0 Å². The normalized spacial score (nSPS) is 11.9. The van der Waals surface area contributed by atoms with Crippen LogP contribution >= 0.6 is 0 Å². The largest absolute Gasteiger partial charge is 0.481 e. The molecule has 7 nitrogen and oxygen atoms in total. The second-order valence-corrected chi connectivity index (χ2v) is 4.21. The van der Waals surface area contributed by atoms with Crippen molar-refractivity contribution in [3.05, 3.63) is 17.5 Å². The lowest BCUT2D eigenvalue weighted by molar-refractivity contribution is -0.141. The minimum Gasteiger partial charge on any atom is -0.481 e. The van der Waals surface area contributed by atoms with E-state index in [1.807, 2.05) is 0 Å². The summed E-state index contributed by atoms with van der Waals surface area (Å²) in [6.07, 6.45) is 0. The number of carbonyl (C=O) groups excluding carboxylic acids is 1. The first-order valence-electron chi connectivity index (χ1n) is 5.54. The Hall–Kier alpha value is -2.05. The van der Waals surface area contributed by atoms with E-state index >= 15 is 0 Å². The highest BCUT2D eigenvalue weighted by Crippen LogP contribution is 2.02. The molecule has 0 fully saturated rings. The predicted molar refractivity (Wildman–Crippen MR) is 62.9 cm³/mol. The van der Waals surface area contributed by atoms with Crippen molar-refractivity contribution in [1.29, 1.82) is 0 Å². The monoisotopic (exact) mass is 255 g/mol. The molecule has 0 radical (unpaired) electrons. The van der Waals surface area contributed by atoms with Crippen LogP contribution in [0.4, 0.5) is 4.79 Å². The van der Waals surface area contributed by atoms with Crippen molar-refractivity contribution in [3.63, 3.8) is 0 Å². The number of carbonyl (C=O) groups is 2. The first-order chi connectivity index (χ1) is 8.40. The lowest BCUT2D eigenvalue weighted by Crippen LogP contribution is -2.40. The molecule has 0 aliphatic carbocycles. The molecule has 0 aliphatic heterocycles. The van der Waals surface area contributed by atoms with E-state index in [1.165, 1.54) is 4.90 Å². The van der Waals surface area contributed by atoms with E-state index in [9.17, 15) is 9.59 Å². The molecule has 0 spiro atoms. The Balaban J connectivity index is 2.38. The van der Waals surface area contributed by atoms with Gasteiger partial charge in [0.2, 0.25) is 0 Å². The molecule has 2 N–H and O–H groups in total. The van der Waals surface area contributed by atoms with Crippen molar-refractivity contribution in [2.24, 2.45) is 5.92 Å². The smallest absolute Gasteiger partial charge is 0.317 e. The average Bonchev–Trinajstić information content (AvgIpc) is 2.71. The molecule has 100 valence electrons. The summed E-state index contributed by atoms with van der Waals surface area (Å²) in [7, 11) is 1.54. The molecule has 1 unspecified atom stereocenters. The van der Waals surface area contributed by atoms with Crippen molar-refractivity contribution in [2.45, 2.75) is 20.4 Å². The van der Waals surface area contributed by atoms with Crippen LogP contribution in [0.25, 0.3) is 0 Å². The van der Waals surface area contributed by atoms with Gasteiger partial charge in [0.05, 0.1) is 18.2 Å². The summed E-state index contributed by atoms with van der Waals surface area (Å²) in [6.45, 7) is 3.71. The molecular weight excluding hydrogens is 238 g/mol. The molecule has 1 aromatic heterocycles. The Labute approximate surface area is 105 Å². The molecule has 0 aliphatic rings. The summed E-state index contributed by atoms with van der Waals surface area (Å²) in [5.41, 5.74) is 0.743. The number of hydrogen-bond donors (Lipinski definition) is 2. The van der Waals surface area contributed by atoms with E-state index in [0.29, 0.717) is 5.76 Å². The number of aliphatic carboxylic acids is 1. The third-order valence-corrected chi connectivity index (χ3v) is 2.41. The van der Waals surface area contributed by atoms with Gasteiger partial charge in [-0.1, -0.05) is 12.1 Å². The number of nitrogens with zero attached hydrogens (tertiary/aromatic N) is 2. The molecule has 2 amide bonds. The van der Waals surface area contributed by atoms with Crippen LogP contribution in [0.3, 0.4) is 0 Å². The lowest BCUT2D eigenvalue weighted by atomic mass is 10.2. The Morgan fingerprint density at radius 2 is 2.28 bits per heavy atom. The number of urea groups is 1. The third kappa shape index (κ3) is 4.08. The number of rotatable bonds is 5. The van der Waals surface area contributed by atoms with Crippen LogP contribution in [0, 0.1) is 12.8 Å². The van der Waals surface area contributed by atoms with Crippen molar-refractivity contribution in [2.75, 3.05) is 13.6 Å². The van der Waals surface area contributed by atoms with E-state index in [4.69, 9.17) is 9.63 Å². The molecule has 1 atom stereocenters. The second-order valence-electron chi connectivity index (χ2n) is 4.21. The number of aryl methyl sites for hydroxylation is 1. The molecule has 1 rings (SSSR count). The van der Waals surface area contributed by atoms with Gasteiger partial charge >= 0.3 is 12.0 Å². The molecule has 1 heterocycles. The maximum Gasteiger partial charge on any atom is 0.317 e. The number of carboxylic acid groups (broad SMARTS) is 1. The minimum atomic E-state index is -0.930. The van der Waals surface area contributed by atoms with Crippen LogP contribution in [-0.2, 0) is 11.3 Å². The summed E-state index contributed by atoms with van der Waals surface area (Å²) in [5, 5.41) is 15.1. The maximum atomic E-state index is 11.6. The summed E-state index contributed by atoms with van der Waals surface area (Å²) >= 11 is 0. The fourth-order valence-electron chi connectivity index (χ4n) is 1.37. The van der Waals surface area contributed by atoms with Gasteiger partial charge in [-0.2, -0.15) is 0 Å². The van der Waals surface area contributed by atoms with Crippen LogP contribution in [0.15, 0.2) is 10.6 Å². The van der Waals surface area contributed by atoms with Gasteiger partial charge in [-0.25, -0.2) is 4.79 Å². The SMILES string of the molecule is Cc1cc(CNC(=O)N(C)CC(C)C(=O)O)on1. The Bertz CT molecular complexity index is 430. The molecule has 0 saturated carbocycles. The molecular formula is C11H17N3O4. The molecule has 0 saturated heterocycles. The van der Waals surface area contributed by atoms with Gasteiger partial charge in [0.1, 0.15) is 0 Å². The van der Waals surface area contributed by atoms with Crippen LogP contribution in [0.2, 0.25) is 0 Å². The van der Waals surface area contributed by atoms with Gasteiger partial charge in [0.25, 0.3) is 0 Å². The highest BCUT2D eigenvalue weighted by atomic mass is 16.5. The van der Waals surface area contributed by atoms with E-state index in [2.05, 4.69) is 10.5 Å². The number of aromatic nitrogens is 1. The molecule has 7 heteroatoms. The standard InChI is InChI=1S/C11H17N3O4/c1-7(10(15)16)6-14(3)11(17)12-5-9-4-8(2)13-18-9/h4,7H,5-6H2,1-3H3,(H,12,17)(H,15,16). The average molecular weight is 255 g/mol. The zero-order chi connectivity index (χ0) is 13.7. The maximum absolute atomic E-state index is 11.6. The van der Waals surface area contributed by atoms with Crippen LogP contribution in [0.1, 0.15) is 18.4 Å². The Morgan fingerprint density at radius 1 is 1.61 bits per heavy atom. The quantitative estimate of drug-likeness (QED) is 0.813. The van der Waals surface area contributed by atoms with Gasteiger partial charge in [-0.05, 0) is 6.92 Å². The van der Waals surface area contributed by atoms with E-state index in [-0.39, 0.29) is 19.1 Å². The zero-order valence-electron chi connectivity index (χ0n) is 10.6. The summed E-state index contributed by atoms with van der Waals surface area (Å²) < 4.78 is 4.94. The first-order valence-corrected chi connectivity index (χ1v) is 5.54. The zero-order valence-corrected chi connectivity index (χ0v) is 10.6. The van der Waals surface area contributed by atoms with Crippen LogP contribution in [0.5, 0.6) is 0 Å². The Morgan fingerprint density at radius 3 is 2.78 bits per heavy atom. The summed E-state index contributed by atoms with van der Waals surface area (Å²) in [6, 6.07) is 1.37. The van der Waals surface area contributed by atoms with Gasteiger partial charge in [0, 0.05) is 19.7 Å². The van der Waals surface area contributed by atoms with Gasteiger partial charge < -0.3 is 19.8 Å². The number of amides is 2. The molecule has 1 aromatic rings. The fourth-order valence-corrected chi connectivity index (χ4v) is 1.37. The van der Waals surface area contributed by atoms with Gasteiger partial charge in [-0.3, -0.25) is 4.79 Å². The van der Waals surface area contributed by atoms with Gasteiger partial charge in [-0.15, -0.1) is 0 Å². The topological polar surface area (TPSA) is 95.7 Å². The number of hydrogen-bond acceptors (Lipinski definition) is 4. The molecule has 18 heavy (non-hydrogen) atoms. The van der Waals surface area contributed by atoms with Gasteiger partial charge in [0.15, 0.2) is 5.76 Å². The van der Waals surface area contributed by atoms with E-state index in [0.717, 1.165) is 5.69 Å². The minimum absolute atomic E-state index is 0.149. The molecule has 0 aromatic carbocycles. The Kier molecular flexibility index (Phi) is 4.70. The van der Waals surface area contributed by atoms with E-state index < -0.39 is 11.9 Å². The highest BCUT2D eigenvalue weighted by Gasteiger charge is 2.17. The van der Waals surface area contributed by atoms with E-state index in [1.54, 1.807) is 27.0 Å². The fraction of sp³-hybridized carbons (Fsp3) is 0.545. The highest BCUT2D eigenvalue weighted by molar-refractivity contribution is 5.75. The lowest BCUT2D eigenvalue weighted by Gasteiger charge is -2.19. The second kappa shape index (κ2) is 6.04. The number of nitrogens with one attached hydrogen (secondary N) is 1. The third-order valence-electron chi connectivity index (χ3n) is 2.41. The van der Waals surface area contributed by atoms with Crippen molar-refractivity contribution in [1.82, 2.24) is 15.4 Å². The summed E-state index contributed by atoms with van der Waals surface area (Å²) in [5.74, 6) is -0.977. The number of carboxylic acids is 1. The first kappa shape index (κ1) is 14.0. The van der Waals surface area contributed by atoms with Crippen LogP contribution < -0.4 is 5.32 Å². The van der Waals surface area contributed by atoms with Crippen molar-refractivity contribution < 1.29 is 19.2 Å². The van der Waals surface area contributed by atoms with Crippen LogP contribution in [-0.4, -0.2) is 40.8 Å². The van der Waals surface area contributed by atoms with Crippen molar-refractivity contribution >= 4 is 12.0 Å². The summed E-state index contributed by atoms with van der Waals surface area (Å²) in [4.78, 5) is 23.6. The predicted octanol–water partition coefficient (Wildman–Crippen LogP) is 0.845.